The molecule has 3 fully saturated rings. The number of ether oxygens (including phenoxy) is 1. The summed E-state index contributed by atoms with van der Waals surface area (Å²) in [4.78, 5) is 9.12. The van der Waals surface area contributed by atoms with Gasteiger partial charge in [-0.1, -0.05) is 30.9 Å². The lowest BCUT2D eigenvalue weighted by Crippen LogP contribution is -2.36. The van der Waals surface area contributed by atoms with E-state index in [4.69, 9.17) is 4.74 Å². The molecule has 9 heteroatoms. The number of rotatable bonds is 7. The van der Waals surface area contributed by atoms with E-state index in [0.717, 1.165) is 44.7 Å². The van der Waals surface area contributed by atoms with Gasteiger partial charge in [0, 0.05) is 37.1 Å². The van der Waals surface area contributed by atoms with Crippen LogP contribution in [0.2, 0.25) is 0 Å². The minimum Gasteiger partial charge on any atom is -0.460 e. The molecular formula is C22H35N7OS. The van der Waals surface area contributed by atoms with Crippen molar-refractivity contribution in [3.63, 3.8) is 0 Å². The van der Waals surface area contributed by atoms with Crippen molar-refractivity contribution in [3.8, 4) is 6.01 Å². The Bertz CT molecular complexity index is 825. The third-order valence-corrected chi connectivity index (χ3v) is 7.51. The van der Waals surface area contributed by atoms with E-state index in [2.05, 4.69) is 47.5 Å². The summed E-state index contributed by atoms with van der Waals surface area (Å²) in [6.07, 6.45) is 14.7. The van der Waals surface area contributed by atoms with Gasteiger partial charge < -0.3 is 10.1 Å². The standard InChI is InChI=1S/C20H29N7OS.C2H6/c1-20(5-6-20)27-13-23-25-19(27)28-17-9-14(10-17)15-11-21-18(22-12-15)24-16-3-7-26(29-2)8-4-16;1-2/h11-14,16-17H,3-10H2,1-2H3,(H,21,22,24);1-2H3. The first-order chi connectivity index (χ1) is 15.1. The van der Waals surface area contributed by atoms with Gasteiger partial charge in [0.05, 0.1) is 0 Å². The number of aromatic nitrogens is 5. The van der Waals surface area contributed by atoms with E-state index in [9.17, 15) is 0 Å². The van der Waals surface area contributed by atoms with E-state index in [1.54, 1.807) is 6.33 Å². The Balaban J connectivity index is 0.00000112. The molecule has 0 bridgehead atoms. The molecule has 2 aromatic heterocycles. The van der Waals surface area contributed by atoms with E-state index < -0.39 is 0 Å². The molecule has 0 spiro atoms. The zero-order chi connectivity index (χ0) is 21.8. The van der Waals surface area contributed by atoms with Crippen LogP contribution in [0, 0.1) is 0 Å². The molecule has 5 rings (SSSR count). The van der Waals surface area contributed by atoms with Gasteiger partial charge in [0.15, 0.2) is 0 Å². The van der Waals surface area contributed by atoms with Crippen molar-refractivity contribution in [2.24, 2.45) is 0 Å². The molecule has 31 heavy (non-hydrogen) atoms. The molecule has 170 valence electrons. The summed E-state index contributed by atoms with van der Waals surface area (Å²) < 4.78 is 10.6. The lowest BCUT2D eigenvalue weighted by atomic mass is 9.78. The highest BCUT2D eigenvalue weighted by Gasteiger charge is 2.42. The van der Waals surface area contributed by atoms with Gasteiger partial charge in [-0.05, 0) is 63.2 Å². The predicted octanol–water partition coefficient (Wildman–Crippen LogP) is 4.08. The van der Waals surface area contributed by atoms with Crippen LogP contribution in [0.25, 0.3) is 0 Å². The molecule has 8 nitrogen and oxygen atoms in total. The molecule has 0 atom stereocenters. The molecule has 1 saturated heterocycles. The number of anilines is 1. The Hall–Kier alpha value is -1.87. The molecule has 3 aliphatic rings. The third kappa shape index (κ3) is 5.14. The minimum absolute atomic E-state index is 0.157. The highest BCUT2D eigenvalue weighted by Crippen LogP contribution is 2.45. The Morgan fingerprint density at radius 1 is 1.13 bits per heavy atom. The van der Waals surface area contributed by atoms with Crippen LogP contribution < -0.4 is 10.1 Å². The number of piperidine rings is 1. The first kappa shape index (κ1) is 22.3. The van der Waals surface area contributed by atoms with Gasteiger partial charge in [-0.3, -0.25) is 8.87 Å². The molecule has 0 radical (unpaired) electrons. The van der Waals surface area contributed by atoms with Gasteiger partial charge in [-0.2, -0.15) is 0 Å². The van der Waals surface area contributed by atoms with Crippen molar-refractivity contribution in [1.82, 2.24) is 29.0 Å². The predicted molar refractivity (Wildman–Crippen MR) is 124 cm³/mol. The van der Waals surface area contributed by atoms with E-state index in [0.29, 0.717) is 18.0 Å². The van der Waals surface area contributed by atoms with Crippen LogP contribution in [0.3, 0.4) is 0 Å². The van der Waals surface area contributed by atoms with Crippen molar-refractivity contribution >= 4 is 17.9 Å². The third-order valence-electron chi connectivity index (χ3n) is 6.63. The molecule has 2 saturated carbocycles. The fourth-order valence-corrected chi connectivity index (χ4v) is 4.74. The molecular weight excluding hydrogens is 410 g/mol. The lowest BCUT2D eigenvalue weighted by Gasteiger charge is -2.35. The quantitative estimate of drug-likeness (QED) is 0.639. The molecule has 2 aromatic rings. The summed E-state index contributed by atoms with van der Waals surface area (Å²) in [6, 6.07) is 1.13. The summed E-state index contributed by atoms with van der Waals surface area (Å²) >= 11 is 1.83. The maximum absolute atomic E-state index is 6.11. The van der Waals surface area contributed by atoms with Gasteiger partial charge in [0.25, 0.3) is 0 Å². The van der Waals surface area contributed by atoms with Gasteiger partial charge in [-0.15, -0.1) is 5.10 Å². The maximum Gasteiger partial charge on any atom is 0.317 e. The Morgan fingerprint density at radius 2 is 1.81 bits per heavy atom. The molecule has 0 aromatic carbocycles. The van der Waals surface area contributed by atoms with Gasteiger partial charge in [0.1, 0.15) is 12.4 Å². The summed E-state index contributed by atoms with van der Waals surface area (Å²) in [6.45, 7) is 8.46. The Morgan fingerprint density at radius 3 is 2.42 bits per heavy atom. The van der Waals surface area contributed by atoms with Crippen LogP contribution in [-0.4, -0.2) is 60.5 Å². The van der Waals surface area contributed by atoms with Crippen molar-refractivity contribution in [2.45, 2.75) is 82.9 Å². The SMILES string of the molecule is CC.CSN1CCC(Nc2ncc(C3CC(Oc4nncn4C4(C)CC4)C3)cn2)CC1. The normalized spacial score (nSPS) is 25.2. The molecule has 1 aliphatic heterocycles. The van der Waals surface area contributed by atoms with Crippen molar-refractivity contribution in [3.05, 3.63) is 24.3 Å². The van der Waals surface area contributed by atoms with E-state index >= 15 is 0 Å². The summed E-state index contributed by atoms with van der Waals surface area (Å²) in [7, 11) is 0. The molecule has 0 amide bonds. The fraction of sp³-hybridized carbons (Fsp3) is 0.727. The average molecular weight is 446 g/mol. The van der Waals surface area contributed by atoms with Crippen LogP contribution in [0.5, 0.6) is 6.01 Å². The Labute approximate surface area is 189 Å². The number of nitrogens with one attached hydrogen (secondary N) is 1. The van der Waals surface area contributed by atoms with Crippen LogP contribution in [0.1, 0.15) is 70.8 Å². The second kappa shape index (κ2) is 9.73. The largest absolute Gasteiger partial charge is 0.460 e. The van der Waals surface area contributed by atoms with Gasteiger partial charge in [-0.25, -0.2) is 9.97 Å². The van der Waals surface area contributed by atoms with E-state index in [-0.39, 0.29) is 11.6 Å². The average Bonchev–Trinajstić information content (AvgIpc) is 3.34. The van der Waals surface area contributed by atoms with Gasteiger partial charge >= 0.3 is 6.01 Å². The van der Waals surface area contributed by atoms with Crippen LogP contribution in [0.15, 0.2) is 18.7 Å². The summed E-state index contributed by atoms with van der Waals surface area (Å²) in [5.74, 6) is 1.21. The topological polar surface area (TPSA) is 81.0 Å². The molecule has 2 aliphatic carbocycles. The van der Waals surface area contributed by atoms with E-state index in [1.165, 1.54) is 18.4 Å². The van der Waals surface area contributed by atoms with Crippen LogP contribution >= 0.6 is 11.9 Å². The first-order valence-corrected chi connectivity index (χ1v) is 12.8. The number of hydrogen-bond donors (Lipinski definition) is 1. The van der Waals surface area contributed by atoms with Crippen LogP contribution in [0.4, 0.5) is 5.95 Å². The highest BCUT2D eigenvalue weighted by molar-refractivity contribution is 7.96. The van der Waals surface area contributed by atoms with Crippen LogP contribution in [-0.2, 0) is 5.54 Å². The molecule has 3 heterocycles. The maximum atomic E-state index is 6.11. The Kier molecular flexibility index (Phi) is 7.01. The fourth-order valence-electron chi connectivity index (χ4n) is 4.17. The zero-order valence-corrected chi connectivity index (χ0v) is 19.9. The van der Waals surface area contributed by atoms with Crippen molar-refractivity contribution in [1.29, 1.82) is 0 Å². The highest BCUT2D eigenvalue weighted by atomic mass is 32.2. The zero-order valence-electron chi connectivity index (χ0n) is 19.1. The second-order valence-electron chi connectivity index (χ2n) is 8.76. The molecule has 1 N–H and O–H groups in total. The first-order valence-electron chi connectivity index (χ1n) is 11.6. The van der Waals surface area contributed by atoms with Gasteiger partial charge in [0.2, 0.25) is 5.95 Å². The number of nitrogens with zero attached hydrogens (tertiary/aromatic N) is 6. The molecule has 0 unspecified atom stereocenters. The summed E-state index contributed by atoms with van der Waals surface area (Å²) in [5, 5.41) is 11.7. The smallest absolute Gasteiger partial charge is 0.317 e. The monoisotopic (exact) mass is 445 g/mol. The number of hydrogen-bond acceptors (Lipinski definition) is 8. The summed E-state index contributed by atoms with van der Waals surface area (Å²) in [5.41, 5.74) is 1.35. The minimum atomic E-state index is 0.157. The lowest BCUT2D eigenvalue weighted by molar-refractivity contribution is 0.0807. The van der Waals surface area contributed by atoms with Crippen molar-refractivity contribution in [2.75, 3.05) is 24.7 Å². The van der Waals surface area contributed by atoms with E-state index in [1.807, 2.05) is 38.2 Å². The second-order valence-corrected chi connectivity index (χ2v) is 9.64. The van der Waals surface area contributed by atoms with Crippen molar-refractivity contribution < 1.29 is 4.74 Å².